The van der Waals surface area contributed by atoms with Crippen LogP contribution in [0.3, 0.4) is 0 Å². The molecule has 1 amide bonds. The van der Waals surface area contributed by atoms with Crippen molar-refractivity contribution in [3.63, 3.8) is 0 Å². The van der Waals surface area contributed by atoms with Crippen LogP contribution in [0.5, 0.6) is 0 Å². The number of hydrogen-bond acceptors (Lipinski definition) is 3. The highest BCUT2D eigenvalue weighted by atomic mass is 35.5. The van der Waals surface area contributed by atoms with Gasteiger partial charge in [0.25, 0.3) is 0 Å². The summed E-state index contributed by atoms with van der Waals surface area (Å²) in [5.74, 6) is 0.136. The van der Waals surface area contributed by atoms with Crippen molar-refractivity contribution >= 4 is 17.7 Å². The molecule has 4 nitrogen and oxygen atoms in total. The summed E-state index contributed by atoms with van der Waals surface area (Å²) >= 11 is 6.24. The number of amides is 1. The number of hydrogen-bond donors (Lipinski definition) is 2. The van der Waals surface area contributed by atoms with Crippen LogP contribution >= 0.6 is 11.6 Å². The van der Waals surface area contributed by atoms with Gasteiger partial charge in [-0.15, -0.1) is 0 Å². The first-order valence-electron chi connectivity index (χ1n) is 7.19. The fourth-order valence-corrected chi connectivity index (χ4v) is 3.04. The second-order valence-electron chi connectivity index (χ2n) is 6.41. The largest absolute Gasteiger partial charge is 0.444 e. The number of rotatable bonds is 3. The Morgan fingerprint density at radius 1 is 1.48 bits per heavy atom. The average Bonchev–Trinajstić information content (AvgIpc) is 2.68. The molecular weight excluding hydrogens is 290 g/mol. The lowest BCUT2D eigenvalue weighted by Crippen LogP contribution is -2.36. The minimum absolute atomic E-state index is 0.0861. The van der Waals surface area contributed by atoms with Crippen LogP contribution in [0.1, 0.15) is 44.4 Å². The zero-order chi connectivity index (χ0) is 15.6. The standard InChI is InChI=1S/C16H22ClNO3/c1-16(2,3)21-15(20)18-14-10(7-8-19)9-12-11(14)5-4-6-13(12)17/h4-6,10,14,19H,7-9H2,1-3H3,(H,18,20)/t10-,14+/m1/s1. The Balaban J connectivity index is 2.19. The summed E-state index contributed by atoms with van der Waals surface area (Å²) in [5, 5.41) is 12.9. The molecule has 116 valence electrons. The molecule has 2 rings (SSSR count). The zero-order valence-electron chi connectivity index (χ0n) is 12.6. The number of aliphatic hydroxyl groups excluding tert-OH is 1. The monoisotopic (exact) mass is 311 g/mol. The molecule has 1 aromatic carbocycles. The van der Waals surface area contributed by atoms with Gasteiger partial charge in [0.15, 0.2) is 0 Å². The molecule has 1 aliphatic carbocycles. The highest BCUT2D eigenvalue weighted by Gasteiger charge is 2.35. The van der Waals surface area contributed by atoms with Gasteiger partial charge >= 0.3 is 6.09 Å². The maximum atomic E-state index is 12.0. The first-order valence-corrected chi connectivity index (χ1v) is 7.57. The summed E-state index contributed by atoms with van der Waals surface area (Å²) in [6.45, 7) is 5.58. The molecule has 0 saturated carbocycles. The lowest BCUT2D eigenvalue weighted by Gasteiger charge is -2.25. The Labute approximate surface area is 130 Å². The minimum atomic E-state index is -0.535. The SMILES string of the molecule is CC(C)(C)OC(=O)N[C@@H]1c2cccc(Cl)c2C[C@H]1CCO. The van der Waals surface area contributed by atoms with Crippen molar-refractivity contribution in [3.05, 3.63) is 34.3 Å². The van der Waals surface area contributed by atoms with E-state index in [0.29, 0.717) is 11.4 Å². The summed E-state index contributed by atoms with van der Waals surface area (Å²) in [6.07, 6.45) is 0.935. The predicted octanol–water partition coefficient (Wildman–Crippen LogP) is 3.46. The molecule has 1 aliphatic rings. The molecule has 0 bridgehead atoms. The van der Waals surface area contributed by atoms with Gasteiger partial charge in [0.1, 0.15) is 5.60 Å². The summed E-state index contributed by atoms with van der Waals surface area (Å²) < 4.78 is 5.33. The number of nitrogens with one attached hydrogen (secondary N) is 1. The second kappa shape index (κ2) is 6.24. The molecule has 0 heterocycles. The van der Waals surface area contributed by atoms with Gasteiger partial charge in [-0.1, -0.05) is 23.7 Å². The first kappa shape index (κ1) is 16.1. The molecule has 2 N–H and O–H groups in total. The molecule has 0 aromatic heterocycles. The number of benzene rings is 1. The van der Waals surface area contributed by atoms with E-state index in [1.807, 2.05) is 39.0 Å². The lowest BCUT2D eigenvalue weighted by molar-refractivity contribution is 0.0484. The van der Waals surface area contributed by atoms with E-state index in [4.69, 9.17) is 16.3 Å². The van der Waals surface area contributed by atoms with Gasteiger partial charge in [0.05, 0.1) is 6.04 Å². The van der Waals surface area contributed by atoms with Crippen molar-refractivity contribution in [2.45, 2.75) is 45.3 Å². The minimum Gasteiger partial charge on any atom is -0.444 e. The smallest absolute Gasteiger partial charge is 0.408 e. The Morgan fingerprint density at radius 2 is 2.19 bits per heavy atom. The molecule has 0 aliphatic heterocycles. The Morgan fingerprint density at radius 3 is 2.81 bits per heavy atom. The van der Waals surface area contributed by atoms with E-state index < -0.39 is 11.7 Å². The van der Waals surface area contributed by atoms with Crippen LogP contribution in [-0.2, 0) is 11.2 Å². The van der Waals surface area contributed by atoms with Crippen LogP contribution in [0, 0.1) is 5.92 Å². The molecule has 21 heavy (non-hydrogen) atoms. The van der Waals surface area contributed by atoms with Crippen LogP contribution in [0.25, 0.3) is 0 Å². The molecule has 0 fully saturated rings. The number of alkyl carbamates (subject to hydrolysis) is 1. The third-order valence-corrected chi connectivity index (χ3v) is 3.95. The number of carbonyl (C=O) groups excluding carboxylic acids is 1. The topological polar surface area (TPSA) is 58.6 Å². The zero-order valence-corrected chi connectivity index (χ0v) is 13.4. The molecule has 2 atom stereocenters. The summed E-state index contributed by atoms with van der Waals surface area (Å²) in [4.78, 5) is 12.0. The Bertz CT molecular complexity index is 525. The number of halogens is 1. The van der Waals surface area contributed by atoms with Crippen LogP contribution in [0.4, 0.5) is 4.79 Å². The van der Waals surface area contributed by atoms with E-state index in [1.54, 1.807) is 0 Å². The second-order valence-corrected chi connectivity index (χ2v) is 6.82. The third-order valence-electron chi connectivity index (χ3n) is 3.60. The molecule has 5 heteroatoms. The maximum Gasteiger partial charge on any atom is 0.408 e. The Hall–Kier alpha value is -1.26. The van der Waals surface area contributed by atoms with Gasteiger partial charge in [-0.3, -0.25) is 0 Å². The number of aliphatic hydroxyl groups is 1. The van der Waals surface area contributed by atoms with Crippen molar-refractivity contribution in [1.82, 2.24) is 5.32 Å². The van der Waals surface area contributed by atoms with E-state index >= 15 is 0 Å². The predicted molar refractivity (Wildman–Crippen MR) is 82.5 cm³/mol. The molecule has 0 spiro atoms. The molecule has 0 radical (unpaired) electrons. The van der Waals surface area contributed by atoms with E-state index in [-0.39, 0.29) is 18.6 Å². The van der Waals surface area contributed by atoms with Gasteiger partial charge in [-0.25, -0.2) is 4.79 Å². The summed E-state index contributed by atoms with van der Waals surface area (Å²) in [7, 11) is 0. The summed E-state index contributed by atoms with van der Waals surface area (Å²) in [5.41, 5.74) is 1.54. The van der Waals surface area contributed by atoms with E-state index in [9.17, 15) is 9.90 Å². The molecule has 1 aromatic rings. The third kappa shape index (κ3) is 3.89. The number of fused-ring (bicyclic) bond motifs is 1. The van der Waals surface area contributed by atoms with Crippen molar-refractivity contribution in [2.75, 3.05) is 6.61 Å². The van der Waals surface area contributed by atoms with Crippen molar-refractivity contribution < 1.29 is 14.6 Å². The van der Waals surface area contributed by atoms with Gasteiger partial charge in [0, 0.05) is 11.6 Å². The molecular formula is C16H22ClNO3. The first-order chi connectivity index (χ1) is 9.81. The molecule has 0 unspecified atom stereocenters. The van der Waals surface area contributed by atoms with Crippen LogP contribution in [0.2, 0.25) is 5.02 Å². The highest BCUT2D eigenvalue weighted by molar-refractivity contribution is 6.31. The number of carbonyl (C=O) groups is 1. The quantitative estimate of drug-likeness (QED) is 0.898. The summed E-state index contributed by atoms with van der Waals surface area (Å²) in [6, 6.07) is 5.54. The Kier molecular flexibility index (Phi) is 4.79. The maximum absolute atomic E-state index is 12.0. The lowest BCUT2D eigenvalue weighted by atomic mass is 9.97. The fourth-order valence-electron chi connectivity index (χ4n) is 2.78. The van der Waals surface area contributed by atoms with E-state index in [0.717, 1.165) is 17.5 Å². The van der Waals surface area contributed by atoms with Gasteiger partial charge in [-0.2, -0.15) is 0 Å². The molecule has 0 saturated heterocycles. The van der Waals surface area contributed by atoms with Gasteiger partial charge in [0.2, 0.25) is 0 Å². The normalized spacial score (nSPS) is 21.0. The van der Waals surface area contributed by atoms with Gasteiger partial charge in [-0.05, 0) is 56.7 Å². The van der Waals surface area contributed by atoms with E-state index in [1.165, 1.54) is 0 Å². The average molecular weight is 312 g/mol. The highest BCUT2D eigenvalue weighted by Crippen LogP contribution is 2.41. The van der Waals surface area contributed by atoms with Crippen molar-refractivity contribution in [1.29, 1.82) is 0 Å². The van der Waals surface area contributed by atoms with Crippen LogP contribution in [0.15, 0.2) is 18.2 Å². The van der Waals surface area contributed by atoms with Crippen molar-refractivity contribution in [2.24, 2.45) is 5.92 Å². The fraction of sp³-hybridized carbons (Fsp3) is 0.562. The van der Waals surface area contributed by atoms with Crippen LogP contribution < -0.4 is 5.32 Å². The van der Waals surface area contributed by atoms with Gasteiger partial charge < -0.3 is 15.2 Å². The number of ether oxygens (including phenoxy) is 1. The van der Waals surface area contributed by atoms with Crippen molar-refractivity contribution in [3.8, 4) is 0 Å². The van der Waals surface area contributed by atoms with Crippen LogP contribution in [-0.4, -0.2) is 23.4 Å². The van der Waals surface area contributed by atoms with E-state index in [2.05, 4.69) is 5.32 Å².